The maximum absolute atomic E-state index is 11.9. The Balaban J connectivity index is 1.63. The molecule has 0 atom stereocenters. The highest BCUT2D eigenvalue weighted by atomic mass is 16.4. The summed E-state index contributed by atoms with van der Waals surface area (Å²) < 4.78 is 0. The molecule has 1 aliphatic carbocycles. The minimum absolute atomic E-state index is 0.0660. The van der Waals surface area contributed by atoms with Gasteiger partial charge in [-0.05, 0) is 38.3 Å². The second-order valence-corrected chi connectivity index (χ2v) is 6.42. The molecule has 1 fully saturated rings. The molecule has 24 heavy (non-hydrogen) atoms. The standard InChI is InChI=1S/C18H27N3O3/c1-3-21(12-17(22)23)16-10-15(11-16)20-18(24)19-8-7-14-6-4-5-13(2)9-14/h4-6,9,15-16H,3,7-8,10-12H2,1-2H3,(H,22,23)(H2,19,20,24). The predicted octanol–water partition coefficient (Wildman–Crippen LogP) is 1.77. The van der Waals surface area contributed by atoms with Gasteiger partial charge in [-0.2, -0.15) is 0 Å². The largest absolute Gasteiger partial charge is 0.480 e. The van der Waals surface area contributed by atoms with Crippen molar-refractivity contribution in [1.82, 2.24) is 15.5 Å². The minimum Gasteiger partial charge on any atom is -0.480 e. The first-order valence-electron chi connectivity index (χ1n) is 8.53. The molecule has 2 rings (SSSR count). The number of rotatable bonds is 8. The van der Waals surface area contributed by atoms with E-state index in [1.807, 2.05) is 17.9 Å². The number of likely N-dealkylation sites (N-methyl/N-ethyl adjacent to an activating group) is 1. The zero-order chi connectivity index (χ0) is 17.5. The lowest BCUT2D eigenvalue weighted by molar-refractivity contribution is -0.139. The molecule has 1 aromatic carbocycles. The van der Waals surface area contributed by atoms with E-state index in [1.54, 1.807) is 0 Å². The number of nitrogens with zero attached hydrogens (tertiary/aromatic N) is 1. The minimum atomic E-state index is -0.804. The van der Waals surface area contributed by atoms with E-state index in [2.05, 4.69) is 35.8 Å². The monoisotopic (exact) mass is 333 g/mol. The molecule has 1 aromatic rings. The van der Waals surface area contributed by atoms with Crippen LogP contribution in [0.5, 0.6) is 0 Å². The molecule has 132 valence electrons. The first-order valence-corrected chi connectivity index (χ1v) is 8.53. The maximum Gasteiger partial charge on any atom is 0.317 e. The normalized spacial score (nSPS) is 19.6. The fourth-order valence-corrected chi connectivity index (χ4v) is 3.10. The van der Waals surface area contributed by atoms with Crippen molar-refractivity contribution in [2.75, 3.05) is 19.6 Å². The highest BCUT2D eigenvalue weighted by Gasteiger charge is 2.34. The van der Waals surface area contributed by atoms with Crippen molar-refractivity contribution in [1.29, 1.82) is 0 Å². The lowest BCUT2D eigenvalue weighted by Crippen LogP contribution is -2.56. The summed E-state index contributed by atoms with van der Waals surface area (Å²) in [7, 11) is 0. The van der Waals surface area contributed by atoms with Gasteiger partial charge in [0.25, 0.3) is 0 Å². The fourth-order valence-electron chi connectivity index (χ4n) is 3.10. The van der Waals surface area contributed by atoms with Gasteiger partial charge in [0.05, 0.1) is 6.54 Å². The second kappa shape index (κ2) is 8.68. The number of aryl methyl sites for hydroxylation is 1. The summed E-state index contributed by atoms with van der Waals surface area (Å²) in [4.78, 5) is 24.6. The highest BCUT2D eigenvalue weighted by molar-refractivity contribution is 5.74. The lowest BCUT2D eigenvalue weighted by Gasteiger charge is -2.42. The van der Waals surface area contributed by atoms with Crippen molar-refractivity contribution < 1.29 is 14.7 Å². The molecule has 0 aromatic heterocycles. The summed E-state index contributed by atoms with van der Waals surface area (Å²) in [6.45, 7) is 5.40. The molecule has 0 unspecified atom stereocenters. The van der Waals surface area contributed by atoms with E-state index in [0.717, 1.165) is 19.3 Å². The molecular weight excluding hydrogens is 306 g/mol. The first kappa shape index (κ1) is 18.3. The highest BCUT2D eigenvalue weighted by Crippen LogP contribution is 2.25. The number of carbonyl (C=O) groups excluding carboxylic acids is 1. The third kappa shape index (κ3) is 5.53. The lowest BCUT2D eigenvalue weighted by atomic mass is 9.85. The third-order valence-corrected chi connectivity index (χ3v) is 4.49. The number of hydrogen-bond donors (Lipinski definition) is 3. The molecule has 0 saturated heterocycles. The summed E-state index contributed by atoms with van der Waals surface area (Å²) in [5, 5.41) is 14.7. The number of carboxylic acid groups (broad SMARTS) is 1. The van der Waals surface area contributed by atoms with Gasteiger partial charge in [-0.15, -0.1) is 0 Å². The Hall–Kier alpha value is -2.08. The number of aliphatic carboxylic acids is 1. The number of carbonyl (C=O) groups is 2. The second-order valence-electron chi connectivity index (χ2n) is 6.42. The predicted molar refractivity (Wildman–Crippen MR) is 93.1 cm³/mol. The van der Waals surface area contributed by atoms with Gasteiger partial charge in [0, 0.05) is 18.6 Å². The molecule has 0 radical (unpaired) electrons. The average molecular weight is 333 g/mol. The van der Waals surface area contributed by atoms with Crippen molar-refractivity contribution in [2.45, 2.75) is 45.2 Å². The van der Waals surface area contributed by atoms with E-state index in [-0.39, 0.29) is 24.7 Å². The van der Waals surface area contributed by atoms with Crippen LogP contribution in [0.2, 0.25) is 0 Å². The fraction of sp³-hybridized carbons (Fsp3) is 0.556. The van der Waals surface area contributed by atoms with Gasteiger partial charge in [-0.3, -0.25) is 9.69 Å². The molecule has 3 N–H and O–H groups in total. The summed E-state index contributed by atoms with van der Waals surface area (Å²) in [6.07, 6.45) is 2.43. The first-order chi connectivity index (χ1) is 11.5. The summed E-state index contributed by atoms with van der Waals surface area (Å²) in [5.41, 5.74) is 2.44. The number of benzene rings is 1. The molecule has 6 heteroatoms. The number of carboxylic acids is 1. The van der Waals surface area contributed by atoms with Crippen LogP contribution in [0.15, 0.2) is 24.3 Å². The molecule has 6 nitrogen and oxygen atoms in total. The number of nitrogens with one attached hydrogen (secondary N) is 2. The molecular formula is C18H27N3O3. The van der Waals surface area contributed by atoms with Crippen LogP contribution >= 0.6 is 0 Å². The number of hydrogen-bond acceptors (Lipinski definition) is 3. The molecule has 1 saturated carbocycles. The molecule has 0 spiro atoms. The molecule has 0 aliphatic heterocycles. The van der Waals surface area contributed by atoms with E-state index < -0.39 is 5.97 Å². The average Bonchev–Trinajstić information content (AvgIpc) is 2.48. The maximum atomic E-state index is 11.9. The summed E-state index contributed by atoms with van der Waals surface area (Å²) in [6, 6.07) is 8.51. The van der Waals surface area contributed by atoms with Crippen molar-refractivity contribution in [3.63, 3.8) is 0 Å². The van der Waals surface area contributed by atoms with Crippen molar-refractivity contribution in [3.05, 3.63) is 35.4 Å². The van der Waals surface area contributed by atoms with Crippen LogP contribution in [0.1, 0.15) is 30.9 Å². The molecule has 1 aliphatic rings. The van der Waals surface area contributed by atoms with Crippen molar-refractivity contribution >= 4 is 12.0 Å². The van der Waals surface area contributed by atoms with Gasteiger partial charge in [0.1, 0.15) is 0 Å². The van der Waals surface area contributed by atoms with E-state index in [1.165, 1.54) is 11.1 Å². The van der Waals surface area contributed by atoms with Gasteiger partial charge < -0.3 is 15.7 Å². The zero-order valence-electron chi connectivity index (χ0n) is 14.4. The Bertz CT molecular complexity index is 570. The third-order valence-electron chi connectivity index (χ3n) is 4.49. The van der Waals surface area contributed by atoms with Crippen LogP contribution in [0.3, 0.4) is 0 Å². The van der Waals surface area contributed by atoms with Gasteiger partial charge in [0.15, 0.2) is 0 Å². The summed E-state index contributed by atoms with van der Waals surface area (Å²) in [5.74, 6) is -0.804. The van der Waals surface area contributed by atoms with Gasteiger partial charge in [-0.25, -0.2) is 4.79 Å². The van der Waals surface area contributed by atoms with Gasteiger partial charge in [0.2, 0.25) is 0 Å². The summed E-state index contributed by atoms with van der Waals surface area (Å²) >= 11 is 0. The Labute approximate surface area is 143 Å². The van der Waals surface area contributed by atoms with Gasteiger partial charge in [-0.1, -0.05) is 36.8 Å². The van der Waals surface area contributed by atoms with Crippen LogP contribution in [-0.4, -0.2) is 53.7 Å². The molecule has 2 amide bonds. The van der Waals surface area contributed by atoms with E-state index in [4.69, 9.17) is 5.11 Å². The Kier molecular flexibility index (Phi) is 6.61. The molecule has 0 bridgehead atoms. The van der Waals surface area contributed by atoms with Crippen LogP contribution < -0.4 is 10.6 Å². The van der Waals surface area contributed by atoms with Crippen LogP contribution in [-0.2, 0) is 11.2 Å². The van der Waals surface area contributed by atoms with Crippen molar-refractivity contribution in [3.8, 4) is 0 Å². The van der Waals surface area contributed by atoms with E-state index >= 15 is 0 Å². The van der Waals surface area contributed by atoms with E-state index in [0.29, 0.717) is 13.1 Å². The van der Waals surface area contributed by atoms with Crippen LogP contribution in [0, 0.1) is 6.92 Å². The van der Waals surface area contributed by atoms with Crippen LogP contribution in [0.25, 0.3) is 0 Å². The van der Waals surface area contributed by atoms with Crippen LogP contribution in [0.4, 0.5) is 4.79 Å². The smallest absolute Gasteiger partial charge is 0.317 e. The van der Waals surface area contributed by atoms with E-state index in [9.17, 15) is 9.59 Å². The number of urea groups is 1. The van der Waals surface area contributed by atoms with Gasteiger partial charge >= 0.3 is 12.0 Å². The molecule has 0 heterocycles. The Morgan fingerprint density at radius 1 is 1.33 bits per heavy atom. The van der Waals surface area contributed by atoms with Crippen molar-refractivity contribution in [2.24, 2.45) is 0 Å². The zero-order valence-corrected chi connectivity index (χ0v) is 14.4. The quantitative estimate of drug-likeness (QED) is 0.677. The topological polar surface area (TPSA) is 81.7 Å². The number of amides is 2. The Morgan fingerprint density at radius 3 is 2.71 bits per heavy atom. The Morgan fingerprint density at radius 2 is 2.08 bits per heavy atom. The SMILES string of the molecule is CCN(CC(=O)O)C1CC(NC(=O)NCCc2cccc(C)c2)C1.